The molecule has 2 amide bonds. The number of halogens is 4. The van der Waals surface area contributed by atoms with Crippen LogP contribution in [-0.4, -0.2) is 35.1 Å². The summed E-state index contributed by atoms with van der Waals surface area (Å²) in [4.78, 5) is 28.3. The van der Waals surface area contributed by atoms with Gasteiger partial charge >= 0.3 is 0 Å². The Labute approximate surface area is 216 Å². The van der Waals surface area contributed by atoms with Crippen LogP contribution in [0.1, 0.15) is 26.9 Å². The maximum atomic E-state index is 13.5. The van der Waals surface area contributed by atoms with Gasteiger partial charge in [-0.3, -0.25) is 9.59 Å². The second-order valence-corrected chi connectivity index (χ2v) is 10.1. The average Bonchev–Trinajstić information content (AvgIpc) is 3.26. The van der Waals surface area contributed by atoms with Crippen molar-refractivity contribution in [1.82, 2.24) is 10.2 Å². The molecule has 0 aromatic heterocycles. The van der Waals surface area contributed by atoms with Crippen LogP contribution in [0.4, 0.5) is 4.39 Å². The minimum atomic E-state index is -0.718. The van der Waals surface area contributed by atoms with Gasteiger partial charge in [0.2, 0.25) is 5.91 Å². The van der Waals surface area contributed by atoms with Crippen LogP contribution in [0.3, 0.4) is 0 Å². The van der Waals surface area contributed by atoms with Gasteiger partial charge in [-0.15, -0.1) is 11.8 Å². The van der Waals surface area contributed by atoms with Crippen molar-refractivity contribution in [3.8, 4) is 0 Å². The van der Waals surface area contributed by atoms with Crippen LogP contribution in [0.5, 0.6) is 0 Å². The predicted octanol–water partition coefficient (Wildman–Crippen LogP) is 6.40. The van der Waals surface area contributed by atoms with Crippen LogP contribution in [0.15, 0.2) is 66.7 Å². The Balaban J connectivity index is 1.54. The van der Waals surface area contributed by atoms with E-state index in [1.807, 2.05) is 6.07 Å². The SMILES string of the molecule is O=C(NCCc1ccc(Cl)cc1Cl)C1CSC(c2ccc(F)cc2)N1C(=O)c1ccccc1Cl. The Kier molecular flexibility index (Phi) is 8.04. The van der Waals surface area contributed by atoms with Crippen molar-refractivity contribution in [2.75, 3.05) is 12.3 Å². The molecule has 0 saturated carbocycles. The summed E-state index contributed by atoms with van der Waals surface area (Å²) >= 11 is 19.9. The zero-order valence-corrected chi connectivity index (χ0v) is 20.9. The van der Waals surface area contributed by atoms with Gasteiger partial charge in [0.25, 0.3) is 5.91 Å². The molecule has 0 radical (unpaired) electrons. The number of carbonyl (C=O) groups excluding carboxylic acids is 2. The lowest BCUT2D eigenvalue weighted by molar-refractivity contribution is -0.124. The van der Waals surface area contributed by atoms with Crippen molar-refractivity contribution >= 4 is 58.4 Å². The molecule has 1 aliphatic rings. The van der Waals surface area contributed by atoms with E-state index >= 15 is 0 Å². The summed E-state index contributed by atoms with van der Waals surface area (Å²) in [5, 5.41) is 3.84. The number of carbonyl (C=O) groups is 2. The van der Waals surface area contributed by atoms with Crippen molar-refractivity contribution < 1.29 is 14.0 Å². The monoisotopic (exact) mass is 536 g/mol. The number of thioether (sulfide) groups is 1. The smallest absolute Gasteiger partial charge is 0.257 e. The minimum absolute atomic E-state index is 0.275. The van der Waals surface area contributed by atoms with E-state index in [0.717, 1.165) is 11.1 Å². The van der Waals surface area contributed by atoms with Gasteiger partial charge in [0.05, 0.1) is 10.6 Å². The van der Waals surface area contributed by atoms with Gasteiger partial charge in [0.15, 0.2) is 0 Å². The quantitative estimate of drug-likeness (QED) is 0.396. The first-order valence-corrected chi connectivity index (χ1v) is 12.7. The molecule has 9 heteroatoms. The highest BCUT2D eigenvalue weighted by molar-refractivity contribution is 7.99. The van der Waals surface area contributed by atoms with Crippen molar-refractivity contribution in [3.63, 3.8) is 0 Å². The second-order valence-electron chi connectivity index (χ2n) is 7.72. The molecule has 34 heavy (non-hydrogen) atoms. The lowest BCUT2D eigenvalue weighted by Gasteiger charge is -2.29. The second kappa shape index (κ2) is 11.0. The van der Waals surface area contributed by atoms with Crippen molar-refractivity contribution in [2.45, 2.75) is 17.8 Å². The number of nitrogens with zero attached hydrogens (tertiary/aromatic N) is 1. The van der Waals surface area contributed by atoms with Crippen LogP contribution in [0.25, 0.3) is 0 Å². The molecular weight excluding hydrogens is 518 g/mol. The van der Waals surface area contributed by atoms with E-state index in [2.05, 4.69) is 5.32 Å². The molecule has 1 fully saturated rings. The molecule has 1 N–H and O–H groups in total. The fraction of sp³-hybridized carbons (Fsp3) is 0.200. The Morgan fingerprint density at radius 1 is 1.00 bits per heavy atom. The van der Waals surface area contributed by atoms with E-state index in [9.17, 15) is 14.0 Å². The molecular formula is C25H20Cl3FN2O2S. The van der Waals surface area contributed by atoms with Gasteiger partial charge in [-0.1, -0.05) is 65.1 Å². The fourth-order valence-corrected chi connectivity index (χ4v) is 5.93. The molecule has 1 heterocycles. The van der Waals surface area contributed by atoms with Crippen LogP contribution in [0.2, 0.25) is 15.1 Å². The van der Waals surface area contributed by atoms with Gasteiger partial charge in [-0.25, -0.2) is 4.39 Å². The zero-order chi connectivity index (χ0) is 24.2. The number of amides is 2. The first-order valence-electron chi connectivity index (χ1n) is 10.5. The van der Waals surface area contributed by atoms with E-state index in [1.54, 1.807) is 48.5 Å². The maximum absolute atomic E-state index is 13.5. The molecule has 1 aliphatic heterocycles. The summed E-state index contributed by atoms with van der Waals surface area (Å²) in [6.07, 6.45) is 0.515. The molecule has 0 bridgehead atoms. The molecule has 176 valence electrons. The summed E-state index contributed by atoms with van der Waals surface area (Å²) in [6, 6.07) is 17.2. The third-order valence-corrected chi connectivity index (χ3v) is 7.75. The molecule has 4 rings (SSSR count). The van der Waals surface area contributed by atoms with Crippen molar-refractivity contribution in [2.24, 2.45) is 0 Å². The third kappa shape index (κ3) is 5.52. The van der Waals surface area contributed by atoms with E-state index < -0.39 is 11.4 Å². The molecule has 4 nitrogen and oxygen atoms in total. The van der Waals surface area contributed by atoms with E-state index in [-0.39, 0.29) is 17.6 Å². The molecule has 1 saturated heterocycles. The largest absolute Gasteiger partial charge is 0.354 e. The van der Waals surface area contributed by atoms with E-state index in [4.69, 9.17) is 34.8 Å². The van der Waals surface area contributed by atoms with Gasteiger partial charge in [0.1, 0.15) is 17.2 Å². The standard InChI is InChI=1S/C25H20Cl3FN2O2S/c26-17-8-5-15(21(28)13-17)11-12-30-23(32)22-14-34-25(16-6-9-18(29)10-7-16)31(22)24(33)19-3-1-2-4-20(19)27/h1-10,13,22,25H,11-12,14H2,(H,30,32). The van der Waals surface area contributed by atoms with Crippen molar-refractivity contribution in [1.29, 1.82) is 0 Å². The van der Waals surface area contributed by atoms with E-state index in [1.165, 1.54) is 28.8 Å². The molecule has 3 aromatic rings. The van der Waals surface area contributed by atoms with Gasteiger partial charge in [-0.2, -0.15) is 0 Å². The lowest BCUT2D eigenvalue weighted by Crippen LogP contribution is -2.48. The fourth-order valence-electron chi connectivity index (χ4n) is 3.78. The number of nitrogens with one attached hydrogen (secondary N) is 1. The zero-order valence-electron chi connectivity index (χ0n) is 17.8. The van der Waals surface area contributed by atoms with Gasteiger partial charge < -0.3 is 10.2 Å². The predicted molar refractivity (Wildman–Crippen MR) is 136 cm³/mol. The maximum Gasteiger partial charge on any atom is 0.257 e. The highest BCUT2D eigenvalue weighted by Gasteiger charge is 2.42. The van der Waals surface area contributed by atoms with E-state index in [0.29, 0.717) is 39.3 Å². The Bertz CT molecular complexity index is 1210. The summed E-state index contributed by atoms with van der Waals surface area (Å²) in [5.41, 5.74) is 1.90. The topological polar surface area (TPSA) is 49.4 Å². The summed E-state index contributed by atoms with van der Waals surface area (Å²) in [6.45, 7) is 0.344. The normalized spacial score (nSPS) is 17.6. The summed E-state index contributed by atoms with van der Waals surface area (Å²) < 4.78 is 13.5. The summed E-state index contributed by atoms with van der Waals surface area (Å²) in [5.74, 6) is -0.606. The first kappa shape index (κ1) is 24.9. The van der Waals surface area contributed by atoms with Crippen LogP contribution in [-0.2, 0) is 11.2 Å². The Morgan fingerprint density at radius 2 is 1.74 bits per heavy atom. The van der Waals surface area contributed by atoms with Crippen molar-refractivity contribution in [3.05, 3.63) is 104 Å². The Hall–Kier alpha value is -2.25. The summed E-state index contributed by atoms with van der Waals surface area (Å²) in [7, 11) is 0. The number of hydrogen-bond donors (Lipinski definition) is 1. The molecule has 0 spiro atoms. The highest BCUT2D eigenvalue weighted by Crippen LogP contribution is 2.42. The first-order chi connectivity index (χ1) is 16.3. The molecule has 2 unspecified atom stereocenters. The van der Waals surface area contributed by atoms with Gasteiger partial charge in [-0.05, 0) is 53.9 Å². The number of hydrogen-bond acceptors (Lipinski definition) is 3. The minimum Gasteiger partial charge on any atom is -0.354 e. The molecule has 2 atom stereocenters. The van der Waals surface area contributed by atoms with Crippen LogP contribution < -0.4 is 5.32 Å². The lowest BCUT2D eigenvalue weighted by atomic mass is 10.1. The number of rotatable bonds is 6. The van der Waals surface area contributed by atoms with Crippen LogP contribution >= 0.6 is 46.6 Å². The third-order valence-electron chi connectivity index (χ3n) is 5.51. The van der Waals surface area contributed by atoms with Gasteiger partial charge in [0, 0.05) is 22.3 Å². The highest BCUT2D eigenvalue weighted by atomic mass is 35.5. The molecule has 0 aliphatic carbocycles. The Morgan fingerprint density at radius 3 is 2.44 bits per heavy atom. The molecule has 3 aromatic carbocycles. The van der Waals surface area contributed by atoms with Crippen LogP contribution in [0, 0.1) is 5.82 Å². The average molecular weight is 538 g/mol. The number of benzene rings is 3.